The summed E-state index contributed by atoms with van der Waals surface area (Å²) >= 11 is 6.18. The van der Waals surface area contributed by atoms with E-state index in [-0.39, 0.29) is 5.91 Å². The summed E-state index contributed by atoms with van der Waals surface area (Å²) in [6, 6.07) is 14.5. The number of aliphatic imine (C=N–C) groups is 1. The second-order valence-corrected chi connectivity index (χ2v) is 8.10. The van der Waals surface area contributed by atoms with Crippen LogP contribution in [0.2, 0.25) is 5.02 Å². The van der Waals surface area contributed by atoms with E-state index in [0.29, 0.717) is 35.7 Å². The second-order valence-electron chi connectivity index (χ2n) is 7.69. The van der Waals surface area contributed by atoms with Gasteiger partial charge in [0.15, 0.2) is 5.96 Å². The van der Waals surface area contributed by atoms with E-state index in [1.165, 1.54) is 11.3 Å². The molecule has 0 bridgehead atoms. The fourth-order valence-electron chi connectivity index (χ4n) is 3.48. The molecule has 1 saturated heterocycles. The predicted molar refractivity (Wildman–Crippen MR) is 126 cm³/mol. The van der Waals surface area contributed by atoms with E-state index in [9.17, 15) is 4.79 Å². The lowest BCUT2D eigenvalue weighted by atomic mass is 10.2. The molecule has 3 N–H and O–H groups in total. The molecule has 7 heteroatoms. The van der Waals surface area contributed by atoms with Crippen molar-refractivity contribution in [3.63, 3.8) is 0 Å². The third-order valence-corrected chi connectivity index (χ3v) is 5.51. The van der Waals surface area contributed by atoms with Gasteiger partial charge in [-0.2, -0.15) is 0 Å². The van der Waals surface area contributed by atoms with E-state index >= 15 is 0 Å². The number of anilines is 2. The molecule has 6 nitrogen and oxygen atoms in total. The molecule has 1 atom stereocenters. The Hall–Kier alpha value is -2.73. The first-order valence-electron chi connectivity index (χ1n) is 10.3. The molecule has 3 rings (SSSR count). The average Bonchev–Trinajstić information content (AvgIpc) is 3.18. The van der Waals surface area contributed by atoms with Gasteiger partial charge in [0.25, 0.3) is 0 Å². The number of aryl methyl sites for hydroxylation is 2. The van der Waals surface area contributed by atoms with Gasteiger partial charge in [-0.15, -0.1) is 0 Å². The van der Waals surface area contributed by atoms with Crippen molar-refractivity contribution in [2.24, 2.45) is 4.99 Å². The van der Waals surface area contributed by atoms with Crippen molar-refractivity contribution >= 4 is 34.8 Å². The number of benzene rings is 2. The number of carbonyl (C=O) groups is 1. The highest BCUT2D eigenvalue weighted by atomic mass is 35.5. The molecule has 1 aliphatic rings. The molecule has 0 saturated carbocycles. The lowest BCUT2D eigenvalue weighted by molar-refractivity contribution is -0.116. The van der Waals surface area contributed by atoms with Crippen molar-refractivity contribution in [2.45, 2.75) is 32.7 Å². The first-order valence-corrected chi connectivity index (χ1v) is 10.7. The summed E-state index contributed by atoms with van der Waals surface area (Å²) in [4.78, 5) is 18.9. The Morgan fingerprint density at radius 3 is 2.60 bits per heavy atom. The number of carbonyl (C=O) groups excluding carboxylic acids is 1. The van der Waals surface area contributed by atoms with Gasteiger partial charge in [-0.05, 0) is 50.1 Å². The Balaban J connectivity index is 1.41. The highest BCUT2D eigenvalue weighted by molar-refractivity contribution is 6.33. The summed E-state index contributed by atoms with van der Waals surface area (Å²) in [6.07, 6.45) is 1.37. The maximum atomic E-state index is 12.2. The molecule has 0 radical (unpaired) electrons. The molecular weight excluding hydrogens is 398 g/mol. The van der Waals surface area contributed by atoms with Crippen molar-refractivity contribution < 1.29 is 4.79 Å². The van der Waals surface area contributed by atoms with Crippen molar-refractivity contribution in [3.05, 3.63) is 58.6 Å². The van der Waals surface area contributed by atoms with Crippen LogP contribution in [0.4, 0.5) is 11.4 Å². The Kier molecular flexibility index (Phi) is 7.57. The molecule has 2 aromatic carbocycles. The highest BCUT2D eigenvalue weighted by Gasteiger charge is 2.23. The zero-order chi connectivity index (χ0) is 21.5. The largest absolute Gasteiger partial charge is 0.369 e. The molecule has 1 heterocycles. The van der Waals surface area contributed by atoms with Gasteiger partial charge in [-0.3, -0.25) is 9.79 Å². The zero-order valence-electron chi connectivity index (χ0n) is 17.8. The number of halogens is 1. The second kappa shape index (κ2) is 10.3. The monoisotopic (exact) mass is 427 g/mol. The van der Waals surface area contributed by atoms with E-state index in [4.69, 9.17) is 11.6 Å². The number of amides is 1. The van der Waals surface area contributed by atoms with Crippen LogP contribution in [0, 0.1) is 13.8 Å². The summed E-state index contributed by atoms with van der Waals surface area (Å²) in [5, 5.41) is 10.1. The van der Waals surface area contributed by atoms with Crippen LogP contribution in [-0.4, -0.2) is 44.6 Å². The fourth-order valence-corrected chi connectivity index (χ4v) is 3.77. The number of hydrogen-bond acceptors (Lipinski definition) is 3. The van der Waals surface area contributed by atoms with Crippen LogP contribution < -0.4 is 20.9 Å². The number of nitrogens with one attached hydrogen (secondary N) is 3. The Bertz CT molecular complexity index is 897. The van der Waals surface area contributed by atoms with Gasteiger partial charge in [0.1, 0.15) is 0 Å². The SMILES string of the molecule is CN=C(NCCC(=O)Nc1ccc(C)cc1Cl)NC1CCN(c2ccc(C)cc2)C1. The lowest BCUT2D eigenvalue weighted by Gasteiger charge is -2.20. The fraction of sp³-hybridized carbons (Fsp3) is 0.391. The maximum absolute atomic E-state index is 12.2. The van der Waals surface area contributed by atoms with Crippen LogP contribution in [0.1, 0.15) is 24.0 Å². The highest BCUT2D eigenvalue weighted by Crippen LogP contribution is 2.23. The molecule has 0 spiro atoms. The smallest absolute Gasteiger partial charge is 0.226 e. The first-order chi connectivity index (χ1) is 14.4. The van der Waals surface area contributed by atoms with Gasteiger partial charge in [-0.1, -0.05) is 35.4 Å². The maximum Gasteiger partial charge on any atom is 0.226 e. The molecule has 1 amide bonds. The minimum Gasteiger partial charge on any atom is -0.369 e. The van der Waals surface area contributed by atoms with Gasteiger partial charge in [-0.25, -0.2) is 0 Å². The Labute approximate surface area is 183 Å². The Morgan fingerprint density at radius 2 is 1.90 bits per heavy atom. The lowest BCUT2D eigenvalue weighted by Crippen LogP contribution is -2.45. The van der Waals surface area contributed by atoms with Crippen molar-refractivity contribution in [3.8, 4) is 0 Å². The first kappa shape index (κ1) is 22.0. The molecule has 1 aliphatic heterocycles. The van der Waals surface area contributed by atoms with Crippen LogP contribution in [0.3, 0.4) is 0 Å². The molecule has 30 heavy (non-hydrogen) atoms. The van der Waals surface area contributed by atoms with Crippen LogP contribution >= 0.6 is 11.6 Å². The molecule has 1 unspecified atom stereocenters. The Morgan fingerprint density at radius 1 is 1.17 bits per heavy atom. The molecule has 2 aromatic rings. The third-order valence-electron chi connectivity index (χ3n) is 5.20. The third kappa shape index (κ3) is 6.13. The van der Waals surface area contributed by atoms with E-state index in [0.717, 1.165) is 25.1 Å². The molecule has 160 valence electrons. The number of hydrogen-bond donors (Lipinski definition) is 3. The zero-order valence-corrected chi connectivity index (χ0v) is 18.6. The molecule has 0 aliphatic carbocycles. The van der Waals surface area contributed by atoms with E-state index in [1.54, 1.807) is 7.05 Å². The summed E-state index contributed by atoms with van der Waals surface area (Å²) in [7, 11) is 1.74. The topological polar surface area (TPSA) is 68.8 Å². The van der Waals surface area contributed by atoms with Gasteiger partial charge in [0.2, 0.25) is 5.91 Å². The van der Waals surface area contributed by atoms with Gasteiger partial charge < -0.3 is 20.9 Å². The van der Waals surface area contributed by atoms with E-state index in [1.807, 2.05) is 25.1 Å². The molecule has 0 aromatic heterocycles. The minimum atomic E-state index is -0.0879. The van der Waals surface area contributed by atoms with Crippen LogP contribution in [0.25, 0.3) is 0 Å². The number of guanidine groups is 1. The normalized spacial score (nSPS) is 16.5. The summed E-state index contributed by atoms with van der Waals surface area (Å²) in [5.74, 6) is 0.627. The quantitative estimate of drug-likeness (QED) is 0.485. The molecular formula is C23H30ClN5O. The van der Waals surface area contributed by atoms with Gasteiger partial charge >= 0.3 is 0 Å². The van der Waals surface area contributed by atoms with Crippen LogP contribution in [-0.2, 0) is 4.79 Å². The minimum absolute atomic E-state index is 0.0879. The van der Waals surface area contributed by atoms with Gasteiger partial charge in [0, 0.05) is 44.8 Å². The summed E-state index contributed by atoms with van der Waals surface area (Å²) in [5.41, 5.74) is 4.21. The average molecular weight is 428 g/mol. The summed E-state index contributed by atoms with van der Waals surface area (Å²) < 4.78 is 0. The van der Waals surface area contributed by atoms with Crippen molar-refractivity contribution in [2.75, 3.05) is 36.9 Å². The van der Waals surface area contributed by atoms with Crippen molar-refractivity contribution in [1.29, 1.82) is 0 Å². The standard InChI is InChI=1S/C23H30ClN5O/c1-16-4-7-19(8-5-16)29-13-11-18(15-29)27-23(25-3)26-12-10-22(30)28-21-9-6-17(2)14-20(21)24/h4-9,14,18H,10-13,15H2,1-3H3,(H,28,30)(H2,25,26,27). The number of nitrogens with zero attached hydrogens (tertiary/aromatic N) is 2. The van der Waals surface area contributed by atoms with Crippen LogP contribution in [0.5, 0.6) is 0 Å². The van der Waals surface area contributed by atoms with Crippen molar-refractivity contribution in [1.82, 2.24) is 10.6 Å². The van der Waals surface area contributed by atoms with Gasteiger partial charge in [0.05, 0.1) is 10.7 Å². The number of rotatable bonds is 6. The molecule has 1 fully saturated rings. The van der Waals surface area contributed by atoms with E-state index in [2.05, 4.69) is 57.0 Å². The summed E-state index contributed by atoms with van der Waals surface area (Å²) in [6.45, 7) is 6.49. The van der Waals surface area contributed by atoms with Crippen LogP contribution in [0.15, 0.2) is 47.5 Å². The predicted octanol–water partition coefficient (Wildman–Crippen LogP) is 3.73. The van der Waals surface area contributed by atoms with E-state index < -0.39 is 0 Å².